The number of nitro benzene ring substituents is 1. The van der Waals surface area contributed by atoms with Crippen LogP contribution in [0.25, 0.3) is 0 Å². The molecule has 0 fully saturated rings. The van der Waals surface area contributed by atoms with E-state index in [2.05, 4.69) is 0 Å². The molecule has 0 aliphatic heterocycles. The molecule has 0 saturated carbocycles. The quantitative estimate of drug-likeness (QED) is 0.344. The molecule has 0 saturated heterocycles. The number of phenols is 2. The number of non-ortho nitro benzene ring substituents is 1. The van der Waals surface area contributed by atoms with Gasteiger partial charge < -0.3 is 14.9 Å². The van der Waals surface area contributed by atoms with E-state index in [1.54, 1.807) is 32.9 Å². The van der Waals surface area contributed by atoms with Gasteiger partial charge in [0.15, 0.2) is 0 Å². The van der Waals surface area contributed by atoms with Crippen LogP contribution in [0.5, 0.6) is 17.2 Å². The molecule has 2 aromatic carbocycles. The normalized spacial score (nSPS) is 11.5. The van der Waals surface area contributed by atoms with Crippen LogP contribution in [-0.2, 0) is 6.42 Å². The van der Waals surface area contributed by atoms with Crippen molar-refractivity contribution >= 4 is 5.69 Å². The van der Waals surface area contributed by atoms with Crippen molar-refractivity contribution in [2.24, 2.45) is 0 Å². The smallest absolute Gasteiger partial charge is 0.269 e. The Morgan fingerprint density at radius 1 is 1.08 bits per heavy atom. The summed E-state index contributed by atoms with van der Waals surface area (Å²) in [6.07, 6.45) is 2.41. The summed E-state index contributed by atoms with van der Waals surface area (Å²) in [5.41, 5.74) is 3.69. The van der Waals surface area contributed by atoms with Gasteiger partial charge in [-0.05, 0) is 68.5 Å². The van der Waals surface area contributed by atoms with E-state index < -0.39 is 4.92 Å². The second-order valence-corrected chi connectivity index (χ2v) is 6.35. The summed E-state index contributed by atoms with van der Waals surface area (Å²) in [6, 6.07) is 5.91. The highest BCUT2D eigenvalue weighted by Crippen LogP contribution is 2.36. The standard InChI is InChI=1S/C20H23NO5/c1-12(11-26-17-8-6-16(7-9-17)21(24)25)5-10-18-15(4)19(22)13(2)14(3)20(18)23/h5-9,22-23H,10-11H2,1-4H3. The van der Waals surface area contributed by atoms with Gasteiger partial charge in [-0.3, -0.25) is 10.1 Å². The lowest BCUT2D eigenvalue weighted by atomic mass is 9.95. The second kappa shape index (κ2) is 7.91. The lowest BCUT2D eigenvalue weighted by Crippen LogP contribution is -2.01. The summed E-state index contributed by atoms with van der Waals surface area (Å²) in [6.45, 7) is 7.57. The molecule has 6 nitrogen and oxygen atoms in total. The summed E-state index contributed by atoms with van der Waals surface area (Å²) >= 11 is 0. The molecule has 0 amide bonds. The maximum atomic E-state index is 10.6. The van der Waals surface area contributed by atoms with Gasteiger partial charge in [0.2, 0.25) is 0 Å². The zero-order chi connectivity index (χ0) is 19.4. The maximum Gasteiger partial charge on any atom is 0.269 e. The van der Waals surface area contributed by atoms with Crippen molar-refractivity contribution in [1.29, 1.82) is 0 Å². The Balaban J connectivity index is 2.06. The maximum absolute atomic E-state index is 10.6. The van der Waals surface area contributed by atoms with Crippen molar-refractivity contribution in [2.75, 3.05) is 6.61 Å². The molecule has 0 radical (unpaired) electrons. The van der Waals surface area contributed by atoms with Crippen LogP contribution in [0.15, 0.2) is 35.9 Å². The van der Waals surface area contributed by atoms with Gasteiger partial charge in [0.1, 0.15) is 23.9 Å². The van der Waals surface area contributed by atoms with E-state index in [1.807, 2.05) is 13.0 Å². The average molecular weight is 357 g/mol. The minimum atomic E-state index is -0.456. The van der Waals surface area contributed by atoms with E-state index in [0.29, 0.717) is 41.0 Å². The van der Waals surface area contributed by atoms with Crippen LogP contribution in [0.4, 0.5) is 5.69 Å². The van der Waals surface area contributed by atoms with E-state index in [1.165, 1.54) is 12.1 Å². The molecular formula is C20H23NO5. The van der Waals surface area contributed by atoms with Gasteiger partial charge in [0, 0.05) is 17.7 Å². The van der Waals surface area contributed by atoms with Gasteiger partial charge in [-0.1, -0.05) is 6.08 Å². The number of nitro groups is 1. The lowest BCUT2D eigenvalue weighted by Gasteiger charge is -2.15. The number of hydrogen-bond donors (Lipinski definition) is 2. The minimum Gasteiger partial charge on any atom is -0.507 e. The van der Waals surface area contributed by atoms with Gasteiger partial charge >= 0.3 is 0 Å². The molecule has 2 rings (SSSR count). The van der Waals surface area contributed by atoms with Crippen LogP contribution in [0, 0.1) is 30.9 Å². The molecule has 0 unspecified atom stereocenters. The van der Waals surface area contributed by atoms with Gasteiger partial charge in [0.05, 0.1) is 4.92 Å². The first-order valence-corrected chi connectivity index (χ1v) is 8.25. The summed E-state index contributed by atoms with van der Waals surface area (Å²) in [5.74, 6) is 0.966. The SMILES string of the molecule is CC(=CCc1c(C)c(O)c(C)c(C)c1O)COc1ccc([N+](=O)[O-])cc1. The molecule has 0 aromatic heterocycles. The largest absolute Gasteiger partial charge is 0.507 e. The third kappa shape index (κ3) is 4.14. The summed E-state index contributed by atoms with van der Waals surface area (Å²) in [5, 5.41) is 31.2. The molecule has 2 N–H and O–H groups in total. The number of allylic oxidation sites excluding steroid dienone is 1. The number of nitrogens with zero attached hydrogens (tertiary/aromatic N) is 1. The highest BCUT2D eigenvalue weighted by atomic mass is 16.6. The van der Waals surface area contributed by atoms with Crippen molar-refractivity contribution in [1.82, 2.24) is 0 Å². The fourth-order valence-electron chi connectivity index (χ4n) is 2.63. The first-order chi connectivity index (χ1) is 12.2. The zero-order valence-corrected chi connectivity index (χ0v) is 15.4. The predicted octanol–water partition coefficient (Wildman–Crippen LogP) is 4.50. The fraction of sp³-hybridized carbons (Fsp3) is 0.300. The fourth-order valence-corrected chi connectivity index (χ4v) is 2.63. The number of benzene rings is 2. The third-order valence-corrected chi connectivity index (χ3v) is 4.54. The van der Waals surface area contributed by atoms with E-state index in [9.17, 15) is 20.3 Å². The molecular weight excluding hydrogens is 334 g/mol. The molecule has 138 valence electrons. The van der Waals surface area contributed by atoms with Crippen LogP contribution < -0.4 is 4.74 Å². The Bertz CT molecular complexity index is 824. The number of ether oxygens (including phenoxy) is 1. The topological polar surface area (TPSA) is 92.8 Å². The highest BCUT2D eigenvalue weighted by Gasteiger charge is 2.15. The Morgan fingerprint density at radius 3 is 2.23 bits per heavy atom. The predicted molar refractivity (Wildman–Crippen MR) is 100 cm³/mol. The van der Waals surface area contributed by atoms with Crippen molar-refractivity contribution in [2.45, 2.75) is 34.1 Å². The van der Waals surface area contributed by atoms with E-state index in [0.717, 1.165) is 5.57 Å². The molecule has 0 atom stereocenters. The van der Waals surface area contributed by atoms with E-state index in [-0.39, 0.29) is 17.2 Å². The molecule has 26 heavy (non-hydrogen) atoms. The number of hydrogen-bond acceptors (Lipinski definition) is 5. The van der Waals surface area contributed by atoms with E-state index >= 15 is 0 Å². The Labute approximate surface area is 152 Å². The summed E-state index contributed by atoms with van der Waals surface area (Å²) in [4.78, 5) is 10.2. The first kappa shape index (κ1) is 19.3. The van der Waals surface area contributed by atoms with Gasteiger partial charge in [-0.2, -0.15) is 0 Å². The van der Waals surface area contributed by atoms with Gasteiger partial charge in [-0.15, -0.1) is 0 Å². The average Bonchev–Trinajstić information content (AvgIpc) is 2.63. The first-order valence-electron chi connectivity index (χ1n) is 8.25. The second-order valence-electron chi connectivity index (χ2n) is 6.35. The van der Waals surface area contributed by atoms with Crippen LogP contribution in [0.2, 0.25) is 0 Å². The molecule has 0 spiro atoms. The molecule has 6 heteroatoms. The Kier molecular flexibility index (Phi) is 5.87. The van der Waals surface area contributed by atoms with Crippen molar-refractivity contribution in [3.05, 3.63) is 68.3 Å². The van der Waals surface area contributed by atoms with Gasteiger partial charge in [0.25, 0.3) is 5.69 Å². The van der Waals surface area contributed by atoms with Gasteiger partial charge in [-0.25, -0.2) is 0 Å². The Hall–Kier alpha value is -3.02. The molecule has 2 aromatic rings. The summed E-state index contributed by atoms with van der Waals surface area (Å²) in [7, 11) is 0. The van der Waals surface area contributed by atoms with Crippen LogP contribution >= 0.6 is 0 Å². The van der Waals surface area contributed by atoms with Crippen molar-refractivity contribution in [3.63, 3.8) is 0 Å². The van der Waals surface area contributed by atoms with Crippen LogP contribution in [-0.4, -0.2) is 21.7 Å². The summed E-state index contributed by atoms with van der Waals surface area (Å²) < 4.78 is 5.62. The number of rotatable bonds is 6. The number of aromatic hydroxyl groups is 2. The molecule has 0 aliphatic rings. The Morgan fingerprint density at radius 2 is 1.65 bits per heavy atom. The monoisotopic (exact) mass is 357 g/mol. The van der Waals surface area contributed by atoms with Crippen molar-refractivity contribution < 1.29 is 19.9 Å². The van der Waals surface area contributed by atoms with Crippen molar-refractivity contribution in [3.8, 4) is 17.2 Å². The lowest BCUT2D eigenvalue weighted by molar-refractivity contribution is -0.384. The number of phenolic OH excluding ortho intramolecular Hbond substituents is 2. The minimum absolute atomic E-state index is 0.0186. The molecule has 0 aliphatic carbocycles. The highest BCUT2D eigenvalue weighted by molar-refractivity contribution is 5.57. The third-order valence-electron chi connectivity index (χ3n) is 4.54. The van der Waals surface area contributed by atoms with Crippen LogP contribution in [0.3, 0.4) is 0 Å². The molecule has 0 heterocycles. The zero-order valence-electron chi connectivity index (χ0n) is 15.4. The van der Waals surface area contributed by atoms with E-state index in [4.69, 9.17) is 4.74 Å². The molecule has 0 bridgehead atoms. The van der Waals surface area contributed by atoms with Crippen LogP contribution in [0.1, 0.15) is 29.2 Å².